The lowest BCUT2D eigenvalue weighted by Gasteiger charge is -2.28. The highest BCUT2D eigenvalue weighted by Gasteiger charge is 2.43. The van der Waals surface area contributed by atoms with Crippen LogP contribution < -0.4 is 4.74 Å². The molecule has 2 unspecified atom stereocenters. The molecule has 0 aliphatic carbocycles. The molecular formula is C21H21ClN6O. The van der Waals surface area contributed by atoms with E-state index in [1.165, 1.54) is 0 Å². The van der Waals surface area contributed by atoms with Gasteiger partial charge in [0.2, 0.25) is 11.8 Å². The molecule has 0 spiro atoms. The third kappa shape index (κ3) is 3.10. The average Bonchev–Trinajstić information content (AvgIpc) is 3.22. The number of benzene rings is 1. The fraction of sp³-hybridized carbons (Fsp3) is 0.333. The zero-order valence-electron chi connectivity index (χ0n) is 16.5. The summed E-state index contributed by atoms with van der Waals surface area (Å²) in [5.74, 6) is -1.06. The first-order valence-corrected chi connectivity index (χ1v) is 9.89. The van der Waals surface area contributed by atoms with Crippen LogP contribution in [0.5, 0.6) is 5.88 Å². The highest BCUT2D eigenvalue weighted by Crippen LogP contribution is 2.46. The Kier molecular flexibility index (Phi) is 4.89. The van der Waals surface area contributed by atoms with E-state index in [0.29, 0.717) is 16.7 Å². The van der Waals surface area contributed by atoms with Crippen LogP contribution in [0.25, 0.3) is 5.69 Å². The summed E-state index contributed by atoms with van der Waals surface area (Å²) in [5, 5.41) is 30.4. The maximum Gasteiger partial charge on any atom is 0.243 e. The van der Waals surface area contributed by atoms with E-state index in [2.05, 4.69) is 28.3 Å². The number of aryl methyl sites for hydroxylation is 3. The Bertz CT molecular complexity index is 1120. The normalized spacial score (nSPS) is 18.2. The van der Waals surface area contributed by atoms with E-state index < -0.39 is 11.8 Å². The number of nitriles is 1. The Morgan fingerprint density at radius 1 is 1.28 bits per heavy atom. The van der Waals surface area contributed by atoms with Gasteiger partial charge in [0.1, 0.15) is 11.1 Å². The number of hydrogen-bond donors (Lipinski definition) is 2. The largest absolute Gasteiger partial charge is 0.422 e. The van der Waals surface area contributed by atoms with Crippen LogP contribution in [0.4, 0.5) is 0 Å². The van der Waals surface area contributed by atoms with Crippen molar-refractivity contribution in [1.82, 2.24) is 20.0 Å². The first kappa shape index (κ1) is 19.2. The van der Waals surface area contributed by atoms with Gasteiger partial charge in [-0.3, -0.25) is 10.5 Å². The standard InChI is InChI=1S/C21H21ClN6O/c1-4-5-15-18-17(14(10-23)20(24)29-21(18)26-25-15)16-12(3)27-28(19(16)22)13-8-6-11(2)7-9-13/h6-9,14,17,24H,4-5H2,1-3H3,(H,25,26). The maximum absolute atomic E-state index is 9.84. The van der Waals surface area contributed by atoms with E-state index in [9.17, 15) is 5.26 Å². The summed E-state index contributed by atoms with van der Waals surface area (Å²) < 4.78 is 7.23. The molecule has 2 N–H and O–H groups in total. The molecule has 0 radical (unpaired) electrons. The molecular weight excluding hydrogens is 388 g/mol. The van der Waals surface area contributed by atoms with Crippen LogP contribution in [0.15, 0.2) is 24.3 Å². The summed E-state index contributed by atoms with van der Waals surface area (Å²) in [5.41, 5.74) is 5.12. The molecule has 1 aromatic carbocycles. The topological polar surface area (TPSA) is 103 Å². The molecule has 29 heavy (non-hydrogen) atoms. The van der Waals surface area contributed by atoms with E-state index in [1.54, 1.807) is 4.68 Å². The highest BCUT2D eigenvalue weighted by atomic mass is 35.5. The average molecular weight is 409 g/mol. The number of aromatic amines is 1. The van der Waals surface area contributed by atoms with Crippen LogP contribution in [0, 0.1) is 36.5 Å². The Hall–Kier alpha value is -3.11. The van der Waals surface area contributed by atoms with Crippen molar-refractivity contribution >= 4 is 17.5 Å². The summed E-state index contributed by atoms with van der Waals surface area (Å²) in [6.07, 6.45) is 1.67. The van der Waals surface area contributed by atoms with Gasteiger partial charge in [-0.2, -0.15) is 10.4 Å². The number of ether oxygens (including phenoxy) is 1. The predicted molar refractivity (Wildman–Crippen MR) is 110 cm³/mol. The molecule has 3 aromatic rings. The zero-order valence-corrected chi connectivity index (χ0v) is 17.2. The Labute approximate surface area is 173 Å². The van der Waals surface area contributed by atoms with Gasteiger partial charge in [0.15, 0.2) is 0 Å². The smallest absolute Gasteiger partial charge is 0.243 e. The predicted octanol–water partition coefficient (Wildman–Crippen LogP) is 4.46. The van der Waals surface area contributed by atoms with Crippen molar-refractivity contribution in [2.75, 3.05) is 0 Å². The van der Waals surface area contributed by atoms with Gasteiger partial charge in [0.25, 0.3) is 0 Å². The van der Waals surface area contributed by atoms with Gasteiger partial charge in [-0.1, -0.05) is 42.6 Å². The van der Waals surface area contributed by atoms with Crippen molar-refractivity contribution in [3.63, 3.8) is 0 Å². The number of hydrogen-bond acceptors (Lipinski definition) is 5. The Morgan fingerprint density at radius 3 is 2.66 bits per heavy atom. The minimum Gasteiger partial charge on any atom is -0.422 e. The lowest BCUT2D eigenvalue weighted by Crippen LogP contribution is -2.31. The van der Waals surface area contributed by atoms with E-state index in [4.69, 9.17) is 21.7 Å². The van der Waals surface area contributed by atoms with Gasteiger partial charge >= 0.3 is 0 Å². The van der Waals surface area contributed by atoms with Crippen molar-refractivity contribution in [2.24, 2.45) is 5.92 Å². The number of H-pyrrole nitrogens is 1. The minimum atomic E-state index is -0.803. The highest BCUT2D eigenvalue weighted by molar-refractivity contribution is 6.30. The maximum atomic E-state index is 9.84. The fourth-order valence-electron chi connectivity index (χ4n) is 3.86. The first-order chi connectivity index (χ1) is 14.0. The molecule has 0 amide bonds. The molecule has 3 heterocycles. The third-order valence-corrected chi connectivity index (χ3v) is 5.62. The number of aromatic nitrogens is 4. The van der Waals surface area contributed by atoms with Gasteiger partial charge in [-0.25, -0.2) is 4.68 Å². The number of halogens is 1. The van der Waals surface area contributed by atoms with E-state index in [0.717, 1.165) is 40.9 Å². The van der Waals surface area contributed by atoms with Gasteiger partial charge in [0.05, 0.1) is 17.5 Å². The number of nitrogens with zero attached hydrogens (tertiary/aromatic N) is 4. The monoisotopic (exact) mass is 408 g/mol. The van der Waals surface area contributed by atoms with Crippen LogP contribution in [-0.4, -0.2) is 25.9 Å². The van der Waals surface area contributed by atoms with Crippen molar-refractivity contribution in [2.45, 2.75) is 39.5 Å². The molecule has 4 rings (SSSR count). The lowest BCUT2D eigenvalue weighted by atomic mass is 9.79. The van der Waals surface area contributed by atoms with E-state index in [1.807, 2.05) is 38.1 Å². The molecule has 0 saturated heterocycles. The van der Waals surface area contributed by atoms with Crippen molar-refractivity contribution in [1.29, 1.82) is 10.7 Å². The quantitative estimate of drug-likeness (QED) is 0.665. The summed E-state index contributed by atoms with van der Waals surface area (Å²) in [7, 11) is 0. The molecule has 0 bridgehead atoms. The van der Waals surface area contributed by atoms with Crippen molar-refractivity contribution < 1.29 is 4.74 Å². The van der Waals surface area contributed by atoms with Gasteiger partial charge in [-0.15, -0.1) is 5.10 Å². The molecule has 2 atom stereocenters. The molecule has 1 aliphatic rings. The zero-order chi connectivity index (χ0) is 20.7. The molecule has 0 fully saturated rings. The second-order valence-corrected chi connectivity index (χ2v) is 7.62. The summed E-state index contributed by atoms with van der Waals surface area (Å²) >= 11 is 6.82. The van der Waals surface area contributed by atoms with Crippen molar-refractivity contribution in [3.8, 4) is 17.6 Å². The van der Waals surface area contributed by atoms with E-state index in [-0.39, 0.29) is 5.90 Å². The number of rotatable bonds is 4. The first-order valence-electron chi connectivity index (χ1n) is 9.51. The fourth-order valence-corrected chi connectivity index (χ4v) is 4.25. The van der Waals surface area contributed by atoms with Crippen LogP contribution >= 0.6 is 11.6 Å². The van der Waals surface area contributed by atoms with E-state index >= 15 is 0 Å². The van der Waals surface area contributed by atoms with Crippen LogP contribution in [-0.2, 0) is 6.42 Å². The van der Waals surface area contributed by atoms with Crippen LogP contribution in [0.3, 0.4) is 0 Å². The molecule has 7 nitrogen and oxygen atoms in total. The molecule has 2 aromatic heterocycles. The summed E-state index contributed by atoms with van der Waals surface area (Å²) in [6.45, 7) is 5.97. The number of nitrogens with one attached hydrogen (secondary N) is 2. The second kappa shape index (κ2) is 7.37. The van der Waals surface area contributed by atoms with Gasteiger partial charge < -0.3 is 4.74 Å². The van der Waals surface area contributed by atoms with Gasteiger partial charge in [-0.05, 0) is 32.4 Å². The lowest BCUT2D eigenvalue weighted by molar-refractivity contribution is 0.436. The third-order valence-electron chi connectivity index (χ3n) is 5.26. The molecule has 1 aliphatic heterocycles. The van der Waals surface area contributed by atoms with Crippen LogP contribution in [0.2, 0.25) is 5.15 Å². The summed E-state index contributed by atoms with van der Waals surface area (Å²) in [4.78, 5) is 0. The minimum absolute atomic E-state index is 0.127. The SMILES string of the molecule is CCCc1[nH]nc2c1C(c1c(C)nn(-c3ccc(C)cc3)c1Cl)C(C#N)C(=N)O2. The number of fused-ring (bicyclic) bond motifs is 1. The second-order valence-electron chi connectivity index (χ2n) is 7.26. The Balaban J connectivity index is 1.92. The van der Waals surface area contributed by atoms with Crippen molar-refractivity contribution in [3.05, 3.63) is 57.5 Å². The molecule has 8 heteroatoms. The van der Waals surface area contributed by atoms with Crippen LogP contribution in [0.1, 0.15) is 47.3 Å². The summed E-state index contributed by atoms with van der Waals surface area (Å²) in [6, 6.07) is 10.1. The molecule has 148 valence electrons. The Morgan fingerprint density at radius 2 is 2.00 bits per heavy atom. The molecule has 0 saturated carbocycles. The van der Waals surface area contributed by atoms with Gasteiger partial charge in [0, 0.05) is 22.7 Å².